The molecule has 0 fully saturated rings. The van der Waals surface area contributed by atoms with Gasteiger partial charge in [-0.25, -0.2) is 13.1 Å². The van der Waals surface area contributed by atoms with E-state index in [2.05, 4.69) is 10.0 Å². The van der Waals surface area contributed by atoms with Gasteiger partial charge in [-0.2, -0.15) is 0 Å². The van der Waals surface area contributed by atoms with E-state index in [-0.39, 0.29) is 35.6 Å². The predicted octanol–water partition coefficient (Wildman–Crippen LogP) is 1.29. The number of hydrogen-bond acceptors (Lipinski definition) is 5. The lowest BCUT2D eigenvalue weighted by Crippen LogP contribution is -2.38. The number of nitro benzene ring substituents is 1. The summed E-state index contributed by atoms with van der Waals surface area (Å²) in [5.74, 6) is 0. The fourth-order valence-electron chi connectivity index (χ4n) is 1.49. The van der Waals surface area contributed by atoms with E-state index in [4.69, 9.17) is 0 Å². The Balaban J connectivity index is 0.00000361. The van der Waals surface area contributed by atoms with Crippen molar-refractivity contribution in [2.24, 2.45) is 0 Å². The summed E-state index contributed by atoms with van der Waals surface area (Å²) in [6, 6.07) is 4.79. The minimum atomic E-state index is -3.63. The van der Waals surface area contributed by atoms with Crippen LogP contribution < -0.4 is 10.0 Å². The molecule has 0 aliphatic carbocycles. The van der Waals surface area contributed by atoms with Crippen molar-refractivity contribution in [2.45, 2.75) is 24.8 Å². The Morgan fingerprint density at radius 1 is 1.30 bits per heavy atom. The van der Waals surface area contributed by atoms with Crippen LogP contribution >= 0.6 is 12.4 Å². The number of nitro groups is 1. The quantitative estimate of drug-likeness (QED) is 0.581. The van der Waals surface area contributed by atoms with Gasteiger partial charge in [0, 0.05) is 24.7 Å². The van der Waals surface area contributed by atoms with Gasteiger partial charge in [0.25, 0.3) is 5.69 Å². The molecule has 1 aromatic carbocycles. The zero-order valence-corrected chi connectivity index (χ0v) is 12.8. The van der Waals surface area contributed by atoms with Crippen molar-refractivity contribution in [3.8, 4) is 0 Å². The highest BCUT2D eigenvalue weighted by molar-refractivity contribution is 7.89. The predicted molar refractivity (Wildman–Crippen MR) is 78.7 cm³/mol. The Morgan fingerprint density at radius 3 is 2.30 bits per heavy atom. The van der Waals surface area contributed by atoms with Crippen molar-refractivity contribution in [1.82, 2.24) is 10.0 Å². The third kappa shape index (κ3) is 5.41. The van der Waals surface area contributed by atoms with Crippen LogP contribution in [0.25, 0.3) is 0 Å². The monoisotopic (exact) mass is 323 g/mol. The van der Waals surface area contributed by atoms with Crippen LogP contribution in [0.3, 0.4) is 0 Å². The molecule has 0 saturated heterocycles. The SMILES string of the molecule is CCN[C@H](C)CNS(=O)(=O)c1ccc([N+](=O)[O-])cc1.Cl. The number of rotatable bonds is 7. The van der Waals surface area contributed by atoms with Gasteiger partial charge in [0.15, 0.2) is 0 Å². The number of nitrogens with one attached hydrogen (secondary N) is 2. The maximum absolute atomic E-state index is 11.9. The number of nitrogens with zero attached hydrogens (tertiary/aromatic N) is 1. The molecule has 7 nitrogen and oxygen atoms in total. The maximum Gasteiger partial charge on any atom is 0.269 e. The highest BCUT2D eigenvalue weighted by atomic mass is 35.5. The van der Waals surface area contributed by atoms with Gasteiger partial charge in [-0.05, 0) is 25.6 Å². The molecule has 0 aliphatic heterocycles. The van der Waals surface area contributed by atoms with Gasteiger partial charge in [-0.15, -0.1) is 12.4 Å². The van der Waals surface area contributed by atoms with E-state index in [1.165, 1.54) is 24.3 Å². The maximum atomic E-state index is 11.9. The van der Waals surface area contributed by atoms with Crippen LogP contribution in [-0.2, 0) is 10.0 Å². The Kier molecular flexibility index (Phi) is 7.66. The summed E-state index contributed by atoms with van der Waals surface area (Å²) in [6.07, 6.45) is 0. The van der Waals surface area contributed by atoms with Gasteiger partial charge < -0.3 is 5.32 Å². The molecule has 9 heteroatoms. The molecule has 0 aliphatic rings. The Bertz CT molecular complexity index is 533. The van der Waals surface area contributed by atoms with Crippen molar-refractivity contribution < 1.29 is 13.3 Å². The van der Waals surface area contributed by atoms with Crippen molar-refractivity contribution in [1.29, 1.82) is 0 Å². The van der Waals surface area contributed by atoms with Crippen molar-refractivity contribution in [3.05, 3.63) is 34.4 Å². The van der Waals surface area contributed by atoms with Gasteiger partial charge in [0.1, 0.15) is 0 Å². The molecular formula is C11H18ClN3O4S. The van der Waals surface area contributed by atoms with Crippen molar-refractivity contribution >= 4 is 28.1 Å². The van der Waals surface area contributed by atoms with Gasteiger partial charge in [0.05, 0.1) is 9.82 Å². The van der Waals surface area contributed by atoms with E-state index in [0.717, 1.165) is 6.54 Å². The van der Waals surface area contributed by atoms with E-state index < -0.39 is 14.9 Å². The third-order valence-corrected chi connectivity index (χ3v) is 3.93. The van der Waals surface area contributed by atoms with Crippen LogP contribution in [0.1, 0.15) is 13.8 Å². The summed E-state index contributed by atoms with van der Waals surface area (Å²) in [7, 11) is -3.63. The molecule has 1 atom stereocenters. The first-order chi connectivity index (χ1) is 8.86. The van der Waals surface area contributed by atoms with Crippen LogP contribution in [0.5, 0.6) is 0 Å². The molecule has 0 amide bonds. The van der Waals surface area contributed by atoms with Crippen LogP contribution in [0, 0.1) is 10.1 Å². The number of halogens is 1. The number of non-ortho nitro benzene ring substituents is 1. The molecule has 2 N–H and O–H groups in total. The first-order valence-corrected chi connectivity index (χ1v) is 7.32. The zero-order valence-electron chi connectivity index (χ0n) is 11.2. The number of sulfonamides is 1. The van der Waals surface area contributed by atoms with Gasteiger partial charge >= 0.3 is 0 Å². The Morgan fingerprint density at radius 2 is 1.85 bits per heavy atom. The second kappa shape index (κ2) is 8.15. The Hall–Kier alpha value is -1.22. The molecule has 0 unspecified atom stereocenters. The summed E-state index contributed by atoms with van der Waals surface area (Å²) >= 11 is 0. The largest absolute Gasteiger partial charge is 0.313 e. The fraction of sp³-hybridized carbons (Fsp3) is 0.455. The lowest BCUT2D eigenvalue weighted by Gasteiger charge is -2.13. The van der Waals surface area contributed by atoms with E-state index in [9.17, 15) is 18.5 Å². The molecule has 1 aromatic rings. The summed E-state index contributed by atoms with van der Waals surface area (Å²) in [4.78, 5) is 9.92. The van der Waals surface area contributed by atoms with E-state index in [1.54, 1.807) is 0 Å². The average Bonchev–Trinajstić information content (AvgIpc) is 2.37. The minimum absolute atomic E-state index is 0. The first kappa shape index (κ1) is 18.8. The molecule has 0 radical (unpaired) electrons. The summed E-state index contributed by atoms with van der Waals surface area (Å²) < 4.78 is 26.3. The number of likely N-dealkylation sites (N-methyl/N-ethyl adjacent to an activating group) is 1. The van der Waals surface area contributed by atoms with E-state index in [1.807, 2.05) is 13.8 Å². The second-order valence-electron chi connectivity index (χ2n) is 4.06. The molecular weight excluding hydrogens is 306 g/mol. The van der Waals surface area contributed by atoms with E-state index in [0.29, 0.717) is 0 Å². The average molecular weight is 324 g/mol. The molecule has 0 aromatic heterocycles. The molecule has 0 saturated carbocycles. The summed E-state index contributed by atoms with van der Waals surface area (Å²) in [5.41, 5.74) is -0.139. The van der Waals surface area contributed by atoms with Gasteiger partial charge in [-0.1, -0.05) is 6.92 Å². The van der Waals surface area contributed by atoms with Crippen LogP contribution in [0.15, 0.2) is 29.2 Å². The van der Waals surface area contributed by atoms with Crippen LogP contribution in [-0.4, -0.2) is 32.5 Å². The zero-order chi connectivity index (χ0) is 14.5. The van der Waals surface area contributed by atoms with Gasteiger partial charge in [-0.3, -0.25) is 10.1 Å². The highest BCUT2D eigenvalue weighted by Crippen LogP contribution is 2.15. The third-order valence-electron chi connectivity index (χ3n) is 2.49. The Labute approximate surface area is 124 Å². The summed E-state index contributed by atoms with van der Waals surface area (Å²) in [5, 5.41) is 13.6. The van der Waals surface area contributed by atoms with Crippen LogP contribution in [0.4, 0.5) is 5.69 Å². The number of hydrogen-bond donors (Lipinski definition) is 2. The van der Waals surface area contributed by atoms with Crippen LogP contribution in [0.2, 0.25) is 0 Å². The fourth-order valence-corrected chi connectivity index (χ4v) is 2.62. The second-order valence-corrected chi connectivity index (χ2v) is 5.83. The molecule has 1 rings (SSSR count). The first-order valence-electron chi connectivity index (χ1n) is 5.84. The molecule has 0 heterocycles. The molecule has 0 spiro atoms. The normalized spacial score (nSPS) is 12.5. The topological polar surface area (TPSA) is 101 Å². The standard InChI is InChI=1S/C11H17N3O4S.ClH/c1-3-12-9(2)8-13-19(17,18)11-6-4-10(5-7-11)14(15)16;/h4-7,9,12-13H,3,8H2,1-2H3;1H/t9-;/m1./s1. The highest BCUT2D eigenvalue weighted by Gasteiger charge is 2.16. The molecule has 114 valence electrons. The van der Waals surface area contributed by atoms with Gasteiger partial charge in [0.2, 0.25) is 10.0 Å². The van der Waals surface area contributed by atoms with Crippen molar-refractivity contribution in [2.75, 3.05) is 13.1 Å². The lowest BCUT2D eigenvalue weighted by atomic mass is 10.3. The molecule has 0 bridgehead atoms. The minimum Gasteiger partial charge on any atom is -0.313 e. The van der Waals surface area contributed by atoms with E-state index >= 15 is 0 Å². The van der Waals surface area contributed by atoms with Crippen molar-refractivity contribution in [3.63, 3.8) is 0 Å². The molecule has 20 heavy (non-hydrogen) atoms. The lowest BCUT2D eigenvalue weighted by molar-refractivity contribution is -0.384. The smallest absolute Gasteiger partial charge is 0.269 e. The summed E-state index contributed by atoms with van der Waals surface area (Å²) in [6.45, 7) is 4.80. The number of benzene rings is 1.